The average Bonchev–Trinajstić information content (AvgIpc) is 1.00. The molecule has 0 aliphatic rings. The van der Waals surface area contributed by atoms with Crippen molar-refractivity contribution in [3.8, 4) is 0 Å². The van der Waals surface area contributed by atoms with E-state index in [0.29, 0.717) is 0 Å². The van der Waals surface area contributed by atoms with Crippen molar-refractivity contribution < 1.29 is 29.4 Å². The van der Waals surface area contributed by atoms with Crippen LogP contribution in [0, 0.1) is 0 Å². The van der Waals surface area contributed by atoms with Crippen LogP contribution in [0.15, 0.2) is 0 Å². The Morgan fingerprint density at radius 1 is 1.50 bits per heavy atom. The summed E-state index contributed by atoms with van der Waals surface area (Å²) in [6.07, 6.45) is 0. The number of rotatable bonds is 0. The third-order valence-corrected chi connectivity index (χ3v) is 0. The molecule has 0 aromatic heterocycles. The summed E-state index contributed by atoms with van der Waals surface area (Å²) >= 11 is 0. The Morgan fingerprint density at radius 2 is 1.50 bits per heavy atom. The molecule has 0 rings (SSSR count). The van der Waals surface area contributed by atoms with E-state index in [2.05, 4.69) is 0 Å². The van der Waals surface area contributed by atoms with E-state index >= 15 is 0 Å². The zero-order chi connectivity index (χ0) is 2.00. The average molecular weight is 168 g/mol. The van der Waals surface area contributed by atoms with Crippen LogP contribution in [0.3, 0.4) is 0 Å². The van der Waals surface area contributed by atoms with E-state index < -0.39 is 0 Å². The molecule has 0 spiro atoms. The van der Waals surface area contributed by atoms with Crippen molar-refractivity contribution in [2.75, 3.05) is 0 Å². The van der Waals surface area contributed by atoms with Crippen molar-refractivity contribution in [1.82, 2.24) is 0 Å². The molecular formula is CH4OSrTi. The van der Waals surface area contributed by atoms with Gasteiger partial charge < -0.3 is 7.65 Å². The molecule has 0 aromatic carbocycles. The predicted octanol–water partition coefficient (Wildman–Crippen LogP) is -0.343. The fraction of sp³-hybridized carbons (Fsp3) is 0. The van der Waals surface area contributed by atoms with Crippen LogP contribution in [0.5, 0.6) is 0 Å². The maximum Gasteiger partial charge on any atom is 2.00 e. The molecule has 0 saturated carbocycles. The number of hydrogen-bond donors (Lipinski definition) is 0. The standard InChI is InChI=1S/CH2O.Sr.Ti.2H/c1-2;;;;/h1H2;;;;/q;+2;;2*-1. The van der Waals surface area contributed by atoms with Crippen molar-refractivity contribution in [2.45, 2.75) is 0 Å². The first kappa shape index (κ1) is 16.9. The largest absolute Gasteiger partial charge is 2.00 e. The van der Waals surface area contributed by atoms with Crippen molar-refractivity contribution in [1.29, 1.82) is 0 Å². The SMILES string of the molecule is C=O.[H-].[H-].[Sr+2].[Ti]. The van der Waals surface area contributed by atoms with Gasteiger partial charge in [-0.15, -0.1) is 0 Å². The molecule has 0 fully saturated rings. The number of hydrogen-bond acceptors (Lipinski definition) is 1. The van der Waals surface area contributed by atoms with E-state index in [1.807, 2.05) is 6.79 Å². The molecule has 1 nitrogen and oxygen atoms in total. The van der Waals surface area contributed by atoms with Gasteiger partial charge in [0, 0.05) is 21.7 Å². The summed E-state index contributed by atoms with van der Waals surface area (Å²) in [5, 5.41) is 0. The Balaban J connectivity index is -0.000000000833. The normalized spacial score (nSPS) is 1.00. The van der Waals surface area contributed by atoms with Gasteiger partial charge in [-0.05, 0) is 0 Å². The molecule has 0 unspecified atom stereocenters. The van der Waals surface area contributed by atoms with E-state index in [9.17, 15) is 0 Å². The van der Waals surface area contributed by atoms with Gasteiger partial charge in [0.2, 0.25) is 0 Å². The van der Waals surface area contributed by atoms with Gasteiger partial charge in [-0.3, -0.25) is 0 Å². The van der Waals surface area contributed by atoms with Crippen LogP contribution in [0.1, 0.15) is 2.85 Å². The summed E-state index contributed by atoms with van der Waals surface area (Å²) in [6, 6.07) is 0. The molecule has 0 radical (unpaired) electrons. The summed E-state index contributed by atoms with van der Waals surface area (Å²) in [5.74, 6) is 0. The van der Waals surface area contributed by atoms with E-state index in [1.165, 1.54) is 0 Å². The second-order valence-corrected chi connectivity index (χ2v) is 0. The maximum absolute atomic E-state index is 8.00. The van der Waals surface area contributed by atoms with Crippen LogP contribution < -0.4 is 0 Å². The van der Waals surface area contributed by atoms with Gasteiger partial charge in [-0.2, -0.15) is 0 Å². The predicted molar refractivity (Wildman–Crippen MR) is 15.1 cm³/mol. The van der Waals surface area contributed by atoms with Gasteiger partial charge in [-0.1, -0.05) is 0 Å². The second-order valence-electron chi connectivity index (χ2n) is 0. The summed E-state index contributed by atoms with van der Waals surface area (Å²) in [5.41, 5.74) is 0. The molecule has 0 amide bonds. The molecule has 0 atom stereocenters. The summed E-state index contributed by atoms with van der Waals surface area (Å²) in [6.45, 7) is 2.00. The van der Waals surface area contributed by atoms with Crippen LogP contribution in [-0.4, -0.2) is 52.3 Å². The van der Waals surface area contributed by atoms with Crippen molar-refractivity contribution in [2.24, 2.45) is 0 Å². The van der Waals surface area contributed by atoms with E-state index in [1.54, 1.807) is 0 Å². The van der Waals surface area contributed by atoms with Crippen LogP contribution >= 0.6 is 0 Å². The fourth-order valence-electron chi connectivity index (χ4n) is 0. The third kappa shape index (κ3) is 9.12. The molecule has 0 saturated heterocycles. The minimum atomic E-state index is 0. The van der Waals surface area contributed by atoms with Crippen LogP contribution in [0.4, 0.5) is 0 Å². The molecule has 3 heteroatoms. The summed E-state index contributed by atoms with van der Waals surface area (Å²) in [7, 11) is 0. The van der Waals surface area contributed by atoms with Gasteiger partial charge in [0.1, 0.15) is 6.79 Å². The quantitative estimate of drug-likeness (QED) is 0.451. The smallest absolute Gasteiger partial charge is 1.00 e. The maximum atomic E-state index is 8.00. The Hall–Kier alpha value is 1.86. The molecule has 0 aliphatic carbocycles. The summed E-state index contributed by atoms with van der Waals surface area (Å²) < 4.78 is 0. The molecular weight excluding hydrogens is 163 g/mol. The summed E-state index contributed by atoms with van der Waals surface area (Å²) in [4.78, 5) is 8.00. The van der Waals surface area contributed by atoms with Crippen LogP contribution in [0.2, 0.25) is 0 Å². The molecule has 0 aromatic rings. The first-order chi connectivity index (χ1) is 1.00. The van der Waals surface area contributed by atoms with E-state index in [0.717, 1.165) is 0 Å². The topological polar surface area (TPSA) is 17.1 Å². The van der Waals surface area contributed by atoms with Crippen molar-refractivity contribution in [3.05, 3.63) is 0 Å². The minimum absolute atomic E-state index is 0. The van der Waals surface area contributed by atoms with Crippen molar-refractivity contribution in [3.63, 3.8) is 0 Å². The molecule has 0 bridgehead atoms. The second kappa shape index (κ2) is 20.9. The minimum Gasteiger partial charge on any atom is -1.00 e. The van der Waals surface area contributed by atoms with Gasteiger partial charge in [0.25, 0.3) is 0 Å². The fourth-order valence-corrected chi connectivity index (χ4v) is 0. The Bertz CT molecular complexity index is 13.5. The van der Waals surface area contributed by atoms with E-state index in [-0.39, 0.29) is 70.1 Å². The molecule has 0 aliphatic heterocycles. The van der Waals surface area contributed by atoms with Gasteiger partial charge in [0.05, 0.1) is 0 Å². The molecule has 20 valence electrons. The zero-order valence-corrected chi connectivity index (χ0v) is 7.36. The zero-order valence-electron chi connectivity index (χ0n) is 4.32. The molecule has 4 heavy (non-hydrogen) atoms. The Kier molecular flexibility index (Phi) is 88.3. The monoisotopic (exact) mass is 168 g/mol. The molecule has 0 N–H and O–H groups in total. The van der Waals surface area contributed by atoms with Gasteiger partial charge >= 0.3 is 45.5 Å². The first-order valence-corrected chi connectivity index (χ1v) is 0.289. The Morgan fingerprint density at radius 3 is 1.50 bits per heavy atom. The number of carbonyl (C=O) groups excluding carboxylic acids is 1. The van der Waals surface area contributed by atoms with Gasteiger partial charge in [0.15, 0.2) is 0 Å². The Labute approximate surface area is 80.3 Å². The first-order valence-electron chi connectivity index (χ1n) is 0.289. The molecule has 0 heterocycles. The number of carbonyl (C=O) groups is 1. The van der Waals surface area contributed by atoms with Crippen LogP contribution in [-0.2, 0) is 26.5 Å². The van der Waals surface area contributed by atoms with Crippen LogP contribution in [0.25, 0.3) is 0 Å². The third-order valence-electron chi connectivity index (χ3n) is 0. The van der Waals surface area contributed by atoms with Gasteiger partial charge in [-0.25, -0.2) is 0 Å². The van der Waals surface area contributed by atoms with E-state index in [4.69, 9.17) is 4.79 Å². The van der Waals surface area contributed by atoms with Crippen molar-refractivity contribution >= 4 is 52.3 Å².